The van der Waals surface area contributed by atoms with Gasteiger partial charge in [-0.15, -0.1) is 0 Å². The molecule has 1 aliphatic heterocycles. The Morgan fingerprint density at radius 1 is 1.12 bits per heavy atom. The zero-order chi connectivity index (χ0) is 18.9. The van der Waals surface area contributed by atoms with E-state index in [0.717, 1.165) is 8.78 Å². The molecule has 7 nitrogen and oxygen atoms in total. The number of carboxylic acid groups (broad SMARTS) is 1. The van der Waals surface area contributed by atoms with E-state index < -0.39 is 27.8 Å². The molecule has 3 rings (SSSR count). The second-order valence-electron chi connectivity index (χ2n) is 5.85. The number of halogens is 1. The predicted octanol–water partition coefficient (Wildman–Crippen LogP) is 2.41. The molecular formula is C17H15BrN2O5S. The average molecular weight is 439 g/mol. The fourth-order valence-corrected chi connectivity index (χ4v) is 4.48. The molecule has 1 aliphatic rings. The molecule has 0 aliphatic carbocycles. The van der Waals surface area contributed by atoms with Crippen molar-refractivity contribution in [2.75, 3.05) is 18.4 Å². The molecule has 0 spiro atoms. The lowest BCUT2D eigenvalue weighted by molar-refractivity contribution is -0.145. The van der Waals surface area contributed by atoms with Gasteiger partial charge >= 0.3 is 5.97 Å². The topological polar surface area (TPSA) is 104 Å². The number of carbonyl (C=O) groups excluding carboxylic acids is 1. The van der Waals surface area contributed by atoms with Gasteiger partial charge in [-0.05, 0) is 36.4 Å². The number of carboxylic acids is 1. The maximum atomic E-state index is 12.6. The molecule has 0 radical (unpaired) electrons. The van der Waals surface area contributed by atoms with Gasteiger partial charge in [0, 0.05) is 28.8 Å². The Bertz CT molecular complexity index is 971. The zero-order valence-electron chi connectivity index (χ0n) is 13.4. The van der Waals surface area contributed by atoms with Crippen LogP contribution in [0.1, 0.15) is 10.4 Å². The highest BCUT2D eigenvalue weighted by Crippen LogP contribution is 2.26. The number of amides is 1. The third kappa shape index (κ3) is 3.79. The van der Waals surface area contributed by atoms with E-state index in [-0.39, 0.29) is 23.5 Å². The van der Waals surface area contributed by atoms with E-state index in [1.54, 1.807) is 18.2 Å². The molecule has 1 fully saturated rings. The molecule has 2 N–H and O–H groups in total. The van der Waals surface area contributed by atoms with Crippen LogP contribution in [0, 0.1) is 5.92 Å². The molecule has 0 aromatic heterocycles. The highest BCUT2D eigenvalue weighted by Gasteiger charge is 2.40. The lowest BCUT2D eigenvalue weighted by Crippen LogP contribution is -2.52. The van der Waals surface area contributed by atoms with Crippen LogP contribution in [0.25, 0.3) is 0 Å². The predicted molar refractivity (Wildman–Crippen MR) is 98.4 cm³/mol. The number of rotatable bonds is 5. The summed E-state index contributed by atoms with van der Waals surface area (Å²) in [5, 5.41) is 11.6. The van der Waals surface area contributed by atoms with Gasteiger partial charge in [-0.1, -0.05) is 28.1 Å². The van der Waals surface area contributed by atoms with Crippen LogP contribution in [0.3, 0.4) is 0 Å². The third-order valence-corrected chi connectivity index (χ3v) is 6.33. The number of nitrogens with zero attached hydrogens (tertiary/aromatic N) is 1. The van der Waals surface area contributed by atoms with E-state index in [9.17, 15) is 18.0 Å². The number of nitrogens with one attached hydrogen (secondary N) is 1. The molecule has 1 saturated heterocycles. The number of aliphatic carboxylic acids is 1. The lowest BCUT2D eigenvalue weighted by atomic mass is 10.0. The summed E-state index contributed by atoms with van der Waals surface area (Å²) in [5.41, 5.74) is 0.769. The van der Waals surface area contributed by atoms with Crippen LogP contribution in [-0.2, 0) is 14.8 Å². The number of hydrogen-bond acceptors (Lipinski definition) is 4. The van der Waals surface area contributed by atoms with Crippen molar-refractivity contribution in [3.05, 3.63) is 58.6 Å². The van der Waals surface area contributed by atoms with E-state index in [1.807, 2.05) is 6.07 Å². The van der Waals surface area contributed by atoms with Gasteiger partial charge in [-0.2, -0.15) is 4.31 Å². The second kappa shape index (κ2) is 7.18. The molecule has 2 aromatic rings. The van der Waals surface area contributed by atoms with E-state index in [2.05, 4.69) is 21.2 Å². The van der Waals surface area contributed by atoms with Crippen LogP contribution in [-0.4, -0.2) is 42.8 Å². The SMILES string of the molecule is O=C(Nc1cccc(Br)c1)c1cccc(S(=O)(=O)N2CC(C(=O)O)C2)c1. The van der Waals surface area contributed by atoms with Crippen molar-refractivity contribution in [3.8, 4) is 0 Å². The summed E-state index contributed by atoms with van der Waals surface area (Å²) in [6.07, 6.45) is 0. The lowest BCUT2D eigenvalue weighted by Gasteiger charge is -2.35. The molecular weight excluding hydrogens is 424 g/mol. The van der Waals surface area contributed by atoms with Crippen LogP contribution in [0.2, 0.25) is 0 Å². The molecule has 0 saturated carbocycles. The van der Waals surface area contributed by atoms with Gasteiger partial charge in [-0.25, -0.2) is 8.42 Å². The normalized spacial score (nSPS) is 15.3. The number of sulfonamides is 1. The number of carbonyl (C=O) groups is 2. The van der Waals surface area contributed by atoms with Crippen molar-refractivity contribution < 1.29 is 23.1 Å². The first-order chi connectivity index (χ1) is 12.3. The molecule has 1 heterocycles. The highest BCUT2D eigenvalue weighted by atomic mass is 79.9. The first-order valence-corrected chi connectivity index (χ1v) is 9.90. The Morgan fingerprint density at radius 3 is 2.46 bits per heavy atom. The minimum absolute atomic E-state index is 0.0387. The van der Waals surface area contributed by atoms with Crippen LogP contribution < -0.4 is 5.32 Å². The molecule has 9 heteroatoms. The van der Waals surface area contributed by atoms with Crippen LogP contribution in [0.4, 0.5) is 5.69 Å². The van der Waals surface area contributed by atoms with Crippen LogP contribution in [0.5, 0.6) is 0 Å². The van der Waals surface area contributed by atoms with E-state index in [1.165, 1.54) is 24.3 Å². The van der Waals surface area contributed by atoms with Gasteiger partial charge in [0.15, 0.2) is 0 Å². The van der Waals surface area contributed by atoms with E-state index in [4.69, 9.17) is 5.11 Å². The summed E-state index contributed by atoms with van der Waals surface area (Å²) in [6, 6.07) is 12.7. The molecule has 136 valence electrons. The van der Waals surface area contributed by atoms with Crippen molar-refractivity contribution in [1.82, 2.24) is 4.31 Å². The Balaban J connectivity index is 1.78. The molecule has 0 atom stereocenters. The van der Waals surface area contributed by atoms with Gasteiger partial charge in [0.1, 0.15) is 0 Å². The fraction of sp³-hybridized carbons (Fsp3) is 0.176. The van der Waals surface area contributed by atoms with Gasteiger partial charge in [-0.3, -0.25) is 9.59 Å². The molecule has 0 bridgehead atoms. The molecule has 1 amide bonds. The van der Waals surface area contributed by atoms with Gasteiger partial charge in [0.05, 0.1) is 10.8 Å². The number of anilines is 1. The zero-order valence-corrected chi connectivity index (χ0v) is 15.8. The van der Waals surface area contributed by atoms with Crippen LogP contribution in [0.15, 0.2) is 57.9 Å². The Hall–Kier alpha value is -2.23. The fourth-order valence-electron chi connectivity index (χ4n) is 2.51. The van der Waals surface area contributed by atoms with Gasteiger partial charge in [0.2, 0.25) is 10.0 Å². The summed E-state index contributed by atoms with van der Waals surface area (Å²) in [5.74, 6) is -2.14. The second-order valence-corrected chi connectivity index (χ2v) is 8.70. The Kier molecular flexibility index (Phi) is 5.12. The first kappa shape index (κ1) is 18.6. The monoisotopic (exact) mass is 438 g/mol. The molecule has 26 heavy (non-hydrogen) atoms. The summed E-state index contributed by atoms with van der Waals surface area (Å²) >= 11 is 3.31. The molecule has 2 aromatic carbocycles. The Morgan fingerprint density at radius 2 is 1.81 bits per heavy atom. The Labute approximate surface area is 158 Å². The largest absolute Gasteiger partial charge is 0.481 e. The minimum Gasteiger partial charge on any atom is -0.481 e. The summed E-state index contributed by atoms with van der Waals surface area (Å²) in [4.78, 5) is 23.2. The summed E-state index contributed by atoms with van der Waals surface area (Å²) in [7, 11) is -3.82. The summed E-state index contributed by atoms with van der Waals surface area (Å²) in [6.45, 7) is -0.127. The highest BCUT2D eigenvalue weighted by molar-refractivity contribution is 9.10. The van der Waals surface area contributed by atoms with E-state index >= 15 is 0 Å². The van der Waals surface area contributed by atoms with Crippen molar-refractivity contribution >= 4 is 43.5 Å². The van der Waals surface area contributed by atoms with Gasteiger partial charge < -0.3 is 10.4 Å². The smallest absolute Gasteiger partial charge is 0.309 e. The quantitative estimate of drug-likeness (QED) is 0.745. The number of hydrogen-bond donors (Lipinski definition) is 2. The number of benzene rings is 2. The third-order valence-electron chi connectivity index (χ3n) is 4.01. The standard InChI is InChI=1S/C17H15BrN2O5S/c18-13-4-2-5-14(8-13)19-16(21)11-3-1-6-15(7-11)26(24,25)20-9-12(10-20)17(22)23/h1-8,12H,9-10H2,(H,19,21)(H,22,23). The van der Waals surface area contributed by atoms with Crippen LogP contribution >= 0.6 is 15.9 Å². The van der Waals surface area contributed by atoms with Crippen molar-refractivity contribution in [2.45, 2.75) is 4.90 Å². The van der Waals surface area contributed by atoms with Crippen molar-refractivity contribution in [1.29, 1.82) is 0 Å². The van der Waals surface area contributed by atoms with Crippen molar-refractivity contribution in [2.24, 2.45) is 5.92 Å². The minimum atomic E-state index is -3.82. The maximum absolute atomic E-state index is 12.6. The first-order valence-electron chi connectivity index (χ1n) is 7.67. The molecule has 0 unspecified atom stereocenters. The van der Waals surface area contributed by atoms with Gasteiger partial charge in [0.25, 0.3) is 5.91 Å². The average Bonchev–Trinajstić information content (AvgIpc) is 2.53. The van der Waals surface area contributed by atoms with E-state index in [0.29, 0.717) is 5.69 Å². The maximum Gasteiger partial charge on any atom is 0.309 e. The summed E-state index contributed by atoms with van der Waals surface area (Å²) < 4.78 is 27.0. The van der Waals surface area contributed by atoms with Crippen molar-refractivity contribution in [3.63, 3.8) is 0 Å².